The molecule has 0 amide bonds. The number of benzene rings is 1. The van der Waals surface area contributed by atoms with E-state index in [2.05, 4.69) is 17.5 Å². The Morgan fingerprint density at radius 3 is 2.56 bits per heavy atom. The minimum absolute atomic E-state index is 0.203. The first-order valence-corrected chi connectivity index (χ1v) is 8.02. The Morgan fingerprint density at radius 1 is 1.22 bits per heavy atom. The predicted octanol–water partition coefficient (Wildman–Crippen LogP) is 3.00. The molecule has 1 aromatic carbocycles. The van der Waals surface area contributed by atoms with Crippen LogP contribution in [-0.4, -0.2) is 20.2 Å². The van der Waals surface area contributed by atoms with Crippen LogP contribution in [0.4, 0.5) is 5.69 Å². The lowest BCUT2D eigenvalue weighted by Gasteiger charge is -2.17. The number of anilines is 1. The molecule has 0 heterocycles. The van der Waals surface area contributed by atoms with Crippen molar-refractivity contribution in [2.24, 2.45) is 0 Å². The van der Waals surface area contributed by atoms with Crippen molar-refractivity contribution >= 4 is 15.5 Å². The zero-order valence-corrected chi connectivity index (χ0v) is 11.4. The number of hydrogen-bond acceptors (Lipinski definition) is 3. The molecule has 3 nitrogen and oxygen atoms in total. The highest BCUT2D eigenvalue weighted by Crippen LogP contribution is 2.25. The predicted molar refractivity (Wildman–Crippen MR) is 74.6 cm³/mol. The molecule has 0 atom stereocenters. The van der Waals surface area contributed by atoms with Gasteiger partial charge < -0.3 is 5.32 Å². The second kappa shape index (κ2) is 5.57. The molecule has 2 rings (SSSR count). The molecule has 4 heteroatoms. The van der Waals surface area contributed by atoms with E-state index in [-0.39, 0.29) is 5.75 Å². The topological polar surface area (TPSA) is 46.2 Å². The zero-order valence-electron chi connectivity index (χ0n) is 10.6. The lowest BCUT2D eigenvalue weighted by Crippen LogP contribution is -2.18. The molecule has 0 unspecified atom stereocenters. The maximum atomic E-state index is 12.2. The van der Waals surface area contributed by atoms with Gasteiger partial charge in [0.15, 0.2) is 9.84 Å². The van der Waals surface area contributed by atoms with Crippen molar-refractivity contribution in [3.63, 3.8) is 0 Å². The van der Waals surface area contributed by atoms with Gasteiger partial charge in [0.1, 0.15) is 0 Å². The maximum absolute atomic E-state index is 12.2. The molecule has 1 aromatic rings. The molecule has 0 saturated heterocycles. The molecular formula is C14H19NO2S. The second-order valence-electron chi connectivity index (χ2n) is 4.60. The lowest BCUT2D eigenvalue weighted by molar-refractivity contribution is 0.594. The van der Waals surface area contributed by atoms with Crippen LogP contribution in [0, 0.1) is 0 Å². The van der Waals surface area contributed by atoms with Crippen molar-refractivity contribution in [1.29, 1.82) is 0 Å². The van der Waals surface area contributed by atoms with Gasteiger partial charge >= 0.3 is 0 Å². The third-order valence-electron chi connectivity index (χ3n) is 3.06. The highest BCUT2D eigenvalue weighted by Gasteiger charge is 2.19. The molecule has 0 saturated carbocycles. The Bertz CT molecular complexity index is 526. The van der Waals surface area contributed by atoms with Crippen molar-refractivity contribution < 1.29 is 8.42 Å². The van der Waals surface area contributed by atoms with Gasteiger partial charge in [-0.1, -0.05) is 31.2 Å². The Morgan fingerprint density at radius 2 is 1.89 bits per heavy atom. The monoisotopic (exact) mass is 265 g/mol. The largest absolute Gasteiger partial charge is 0.381 e. The number of rotatable bonds is 5. The molecule has 1 aliphatic carbocycles. The van der Waals surface area contributed by atoms with Crippen LogP contribution in [0.2, 0.25) is 0 Å². The lowest BCUT2D eigenvalue weighted by atomic mass is 10.2. The van der Waals surface area contributed by atoms with Gasteiger partial charge in [0.25, 0.3) is 0 Å². The van der Waals surface area contributed by atoms with E-state index in [0.717, 1.165) is 18.5 Å². The molecule has 0 radical (unpaired) electrons. The van der Waals surface area contributed by atoms with Gasteiger partial charge in [0, 0.05) is 6.04 Å². The van der Waals surface area contributed by atoms with Crippen molar-refractivity contribution in [3.05, 3.63) is 36.4 Å². The first kappa shape index (κ1) is 13.1. The molecule has 0 spiro atoms. The summed E-state index contributed by atoms with van der Waals surface area (Å²) in [7, 11) is -3.17. The summed E-state index contributed by atoms with van der Waals surface area (Å²) in [6.45, 7) is 1.88. The highest BCUT2D eigenvalue weighted by molar-refractivity contribution is 7.91. The molecule has 0 aromatic heterocycles. The van der Waals surface area contributed by atoms with Gasteiger partial charge in [-0.2, -0.15) is 0 Å². The molecule has 1 aliphatic rings. The summed E-state index contributed by atoms with van der Waals surface area (Å²) in [5.41, 5.74) is 0.736. The standard InChI is InChI=1S/C14H19NO2S/c1-2-11-18(16,17)14-10-6-5-9-13(14)15-12-7-3-4-8-12/h3-6,9-10,12,15H,2,7-8,11H2,1H3. The van der Waals surface area contributed by atoms with Gasteiger partial charge in [-0.05, 0) is 31.4 Å². The summed E-state index contributed by atoms with van der Waals surface area (Å²) in [5, 5.41) is 3.33. The third-order valence-corrected chi connectivity index (χ3v) is 5.03. The Kier molecular flexibility index (Phi) is 4.07. The molecule has 0 aliphatic heterocycles. The molecule has 98 valence electrons. The Hall–Kier alpha value is -1.29. The first-order chi connectivity index (χ1) is 8.63. The fraction of sp³-hybridized carbons (Fsp3) is 0.429. The Balaban J connectivity index is 2.25. The van der Waals surface area contributed by atoms with Crippen LogP contribution < -0.4 is 5.32 Å². The summed E-state index contributed by atoms with van der Waals surface area (Å²) in [5.74, 6) is 0.203. The van der Waals surface area contributed by atoms with Gasteiger partial charge in [-0.15, -0.1) is 0 Å². The Labute approximate surface area is 109 Å². The van der Waals surface area contributed by atoms with E-state index in [1.165, 1.54) is 0 Å². The average molecular weight is 265 g/mol. The first-order valence-electron chi connectivity index (χ1n) is 6.37. The minimum Gasteiger partial charge on any atom is -0.381 e. The minimum atomic E-state index is -3.17. The zero-order chi connectivity index (χ0) is 13.0. The molecular weight excluding hydrogens is 246 g/mol. The molecule has 0 bridgehead atoms. The highest BCUT2D eigenvalue weighted by atomic mass is 32.2. The molecule has 1 N–H and O–H groups in total. The number of sulfone groups is 1. The summed E-state index contributed by atoms with van der Waals surface area (Å²) in [6.07, 6.45) is 6.81. The fourth-order valence-corrected chi connectivity index (χ4v) is 3.70. The van der Waals surface area contributed by atoms with E-state index in [4.69, 9.17) is 0 Å². The van der Waals surface area contributed by atoms with Crippen LogP contribution in [0.1, 0.15) is 26.2 Å². The van der Waals surface area contributed by atoms with Crippen LogP contribution in [0.5, 0.6) is 0 Å². The van der Waals surface area contributed by atoms with Crippen LogP contribution in [0.3, 0.4) is 0 Å². The third kappa shape index (κ3) is 2.93. The van der Waals surface area contributed by atoms with Crippen molar-refractivity contribution in [2.75, 3.05) is 11.1 Å². The summed E-state index contributed by atoms with van der Waals surface area (Å²) in [4.78, 5) is 0.429. The quantitative estimate of drug-likeness (QED) is 0.832. The molecule has 18 heavy (non-hydrogen) atoms. The number of hydrogen-bond donors (Lipinski definition) is 1. The van der Waals surface area contributed by atoms with Crippen LogP contribution in [0.25, 0.3) is 0 Å². The average Bonchev–Trinajstić information content (AvgIpc) is 2.82. The number of para-hydroxylation sites is 1. The van der Waals surface area contributed by atoms with Gasteiger partial charge in [-0.25, -0.2) is 8.42 Å². The van der Waals surface area contributed by atoms with Crippen molar-refractivity contribution in [3.8, 4) is 0 Å². The fourth-order valence-electron chi connectivity index (χ4n) is 2.19. The van der Waals surface area contributed by atoms with Crippen molar-refractivity contribution in [1.82, 2.24) is 0 Å². The van der Waals surface area contributed by atoms with E-state index < -0.39 is 9.84 Å². The second-order valence-corrected chi connectivity index (χ2v) is 6.68. The van der Waals surface area contributed by atoms with Crippen molar-refractivity contribution in [2.45, 2.75) is 37.1 Å². The van der Waals surface area contributed by atoms with E-state index in [0.29, 0.717) is 17.4 Å². The number of nitrogens with one attached hydrogen (secondary N) is 1. The SMILES string of the molecule is CCCS(=O)(=O)c1ccccc1NC1CC=CC1. The van der Waals surface area contributed by atoms with Gasteiger partial charge in [0.2, 0.25) is 0 Å². The van der Waals surface area contributed by atoms with Crippen LogP contribution >= 0.6 is 0 Å². The van der Waals surface area contributed by atoms with E-state index >= 15 is 0 Å². The van der Waals surface area contributed by atoms with Gasteiger partial charge in [0.05, 0.1) is 16.3 Å². The van der Waals surface area contributed by atoms with Gasteiger partial charge in [-0.3, -0.25) is 0 Å². The smallest absolute Gasteiger partial charge is 0.180 e. The van der Waals surface area contributed by atoms with Crippen LogP contribution in [0.15, 0.2) is 41.3 Å². The maximum Gasteiger partial charge on any atom is 0.180 e. The normalized spacial score (nSPS) is 16.1. The molecule has 0 fully saturated rings. The summed E-state index contributed by atoms with van der Waals surface area (Å²) < 4.78 is 24.3. The van der Waals surface area contributed by atoms with E-state index in [1.807, 2.05) is 19.1 Å². The summed E-state index contributed by atoms with van der Waals surface area (Å²) in [6, 6.07) is 7.51. The summed E-state index contributed by atoms with van der Waals surface area (Å²) >= 11 is 0. The van der Waals surface area contributed by atoms with Crippen LogP contribution in [-0.2, 0) is 9.84 Å². The van der Waals surface area contributed by atoms with E-state index in [9.17, 15) is 8.42 Å². The van der Waals surface area contributed by atoms with E-state index in [1.54, 1.807) is 12.1 Å².